The third-order valence-corrected chi connectivity index (χ3v) is 3.72. The molecule has 0 aliphatic carbocycles. The van der Waals surface area contributed by atoms with E-state index in [0.29, 0.717) is 13.0 Å². The highest BCUT2D eigenvalue weighted by Crippen LogP contribution is 2.22. The van der Waals surface area contributed by atoms with Crippen molar-refractivity contribution in [2.45, 2.75) is 25.9 Å². The summed E-state index contributed by atoms with van der Waals surface area (Å²) in [5.74, 6) is -0.836. The highest BCUT2D eigenvalue weighted by molar-refractivity contribution is 6.33. The molecule has 26 heavy (non-hydrogen) atoms. The van der Waals surface area contributed by atoms with Gasteiger partial charge < -0.3 is 14.8 Å². The Bertz CT molecular complexity index is 754. The number of hydrogen-bond acceptors (Lipinski definition) is 4. The minimum atomic E-state index is -1.00. The molecule has 138 valence electrons. The topological polar surface area (TPSA) is 64.6 Å². The number of hydrogen-bond donors (Lipinski definition) is 1. The molecular formula is C19H19ClFNO4. The van der Waals surface area contributed by atoms with Gasteiger partial charge in [0.05, 0.1) is 17.3 Å². The molecular weight excluding hydrogens is 361 g/mol. The van der Waals surface area contributed by atoms with Crippen molar-refractivity contribution in [3.63, 3.8) is 0 Å². The number of carbonyl (C=O) groups is 2. The predicted octanol–water partition coefficient (Wildman–Crippen LogP) is 4.21. The predicted molar refractivity (Wildman–Crippen MR) is 96.8 cm³/mol. The van der Waals surface area contributed by atoms with E-state index in [1.54, 1.807) is 0 Å². The van der Waals surface area contributed by atoms with Crippen molar-refractivity contribution in [2.75, 3.05) is 11.9 Å². The molecule has 0 saturated heterocycles. The Labute approximate surface area is 156 Å². The number of amides is 1. The van der Waals surface area contributed by atoms with Crippen LogP contribution in [0.2, 0.25) is 5.02 Å². The monoisotopic (exact) mass is 379 g/mol. The lowest BCUT2D eigenvalue weighted by Gasteiger charge is -2.14. The van der Waals surface area contributed by atoms with Gasteiger partial charge in [0.1, 0.15) is 11.6 Å². The van der Waals surface area contributed by atoms with E-state index in [4.69, 9.17) is 21.1 Å². The quantitative estimate of drug-likeness (QED) is 0.551. The summed E-state index contributed by atoms with van der Waals surface area (Å²) in [5.41, 5.74) is 0.247. The smallest absolute Gasteiger partial charge is 0.306 e. The molecule has 7 heteroatoms. The summed E-state index contributed by atoms with van der Waals surface area (Å²) in [7, 11) is 0. The number of halogens is 2. The maximum absolute atomic E-state index is 13.0. The van der Waals surface area contributed by atoms with E-state index in [9.17, 15) is 14.0 Å². The van der Waals surface area contributed by atoms with Crippen LogP contribution in [0.5, 0.6) is 5.75 Å². The van der Waals surface area contributed by atoms with E-state index >= 15 is 0 Å². The van der Waals surface area contributed by atoms with Crippen LogP contribution in [0.25, 0.3) is 0 Å². The Morgan fingerprint density at radius 3 is 2.62 bits per heavy atom. The molecule has 2 rings (SSSR count). The Morgan fingerprint density at radius 1 is 1.19 bits per heavy atom. The van der Waals surface area contributed by atoms with Gasteiger partial charge in [-0.25, -0.2) is 4.39 Å². The molecule has 1 atom stereocenters. The number of nitrogens with one attached hydrogen (secondary N) is 1. The van der Waals surface area contributed by atoms with Crippen LogP contribution in [0.3, 0.4) is 0 Å². The van der Waals surface area contributed by atoms with Crippen molar-refractivity contribution in [1.29, 1.82) is 0 Å². The Kier molecular flexibility index (Phi) is 7.41. The second-order valence-corrected chi connectivity index (χ2v) is 5.92. The van der Waals surface area contributed by atoms with Gasteiger partial charge in [-0.1, -0.05) is 29.8 Å². The third kappa shape index (κ3) is 6.37. The number of para-hydroxylation sites is 1. The molecule has 0 radical (unpaired) electrons. The van der Waals surface area contributed by atoms with E-state index in [1.165, 1.54) is 19.1 Å². The first kappa shape index (κ1) is 19.7. The van der Waals surface area contributed by atoms with Gasteiger partial charge in [-0.15, -0.1) is 0 Å². The normalized spacial score (nSPS) is 11.5. The summed E-state index contributed by atoms with van der Waals surface area (Å²) < 4.78 is 23.5. The zero-order valence-corrected chi connectivity index (χ0v) is 15.0. The van der Waals surface area contributed by atoms with Crippen LogP contribution in [0.4, 0.5) is 10.1 Å². The summed E-state index contributed by atoms with van der Waals surface area (Å²) in [6.07, 6.45) is -0.410. The number of esters is 1. The fourth-order valence-electron chi connectivity index (χ4n) is 2.06. The summed E-state index contributed by atoms with van der Waals surface area (Å²) in [4.78, 5) is 23.8. The first-order valence-electron chi connectivity index (χ1n) is 8.09. The number of benzene rings is 2. The standard InChI is InChI=1S/C19H19ClFNO4/c1-13(19(24)22-17-10-9-14(21)12-16(17)20)26-18(23)8-5-11-25-15-6-3-2-4-7-15/h2-4,6-7,9-10,12-13H,5,8,11H2,1H3,(H,22,24)/t13-/m0/s1. The van der Waals surface area contributed by atoms with E-state index in [-0.39, 0.29) is 17.1 Å². The zero-order valence-electron chi connectivity index (χ0n) is 14.2. The highest BCUT2D eigenvalue weighted by atomic mass is 35.5. The van der Waals surface area contributed by atoms with Crippen molar-refractivity contribution >= 4 is 29.2 Å². The Hall–Kier alpha value is -2.60. The molecule has 1 N–H and O–H groups in total. The molecule has 0 saturated carbocycles. The van der Waals surface area contributed by atoms with Crippen LogP contribution in [0.1, 0.15) is 19.8 Å². The lowest BCUT2D eigenvalue weighted by molar-refractivity contribution is -0.153. The van der Waals surface area contributed by atoms with E-state index in [2.05, 4.69) is 5.32 Å². The van der Waals surface area contributed by atoms with Gasteiger partial charge in [-0.05, 0) is 43.7 Å². The van der Waals surface area contributed by atoms with Gasteiger partial charge in [0.2, 0.25) is 0 Å². The van der Waals surface area contributed by atoms with Gasteiger partial charge in [-0.2, -0.15) is 0 Å². The average molecular weight is 380 g/mol. The molecule has 5 nitrogen and oxygen atoms in total. The number of ether oxygens (including phenoxy) is 2. The number of carbonyl (C=O) groups excluding carboxylic acids is 2. The molecule has 0 heterocycles. The van der Waals surface area contributed by atoms with Crippen LogP contribution in [0.15, 0.2) is 48.5 Å². The van der Waals surface area contributed by atoms with Gasteiger partial charge in [0.25, 0.3) is 5.91 Å². The molecule has 1 amide bonds. The van der Waals surface area contributed by atoms with Crippen molar-refractivity contribution in [2.24, 2.45) is 0 Å². The average Bonchev–Trinajstić information content (AvgIpc) is 2.62. The second-order valence-electron chi connectivity index (χ2n) is 5.51. The van der Waals surface area contributed by atoms with E-state index in [0.717, 1.165) is 11.8 Å². The summed E-state index contributed by atoms with van der Waals surface area (Å²) in [6.45, 7) is 1.82. The van der Waals surface area contributed by atoms with Crippen LogP contribution in [-0.2, 0) is 14.3 Å². The SMILES string of the molecule is C[C@H](OC(=O)CCCOc1ccccc1)C(=O)Nc1ccc(F)cc1Cl. The zero-order chi connectivity index (χ0) is 18.9. The van der Waals surface area contributed by atoms with Gasteiger partial charge in [-0.3, -0.25) is 9.59 Å². The summed E-state index contributed by atoms with van der Waals surface area (Å²) >= 11 is 5.84. The maximum Gasteiger partial charge on any atom is 0.306 e. The molecule has 0 unspecified atom stereocenters. The highest BCUT2D eigenvalue weighted by Gasteiger charge is 2.18. The Morgan fingerprint density at radius 2 is 1.92 bits per heavy atom. The summed E-state index contributed by atoms with van der Waals surface area (Å²) in [6, 6.07) is 12.8. The molecule has 0 fully saturated rings. The van der Waals surface area contributed by atoms with Gasteiger partial charge in [0.15, 0.2) is 6.10 Å². The minimum absolute atomic E-state index is 0.0648. The van der Waals surface area contributed by atoms with Crippen molar-refractivity contribution < 1.29 is 23.5 Å². The van der Waals surface area contributed by atoms with E-state index < -0.39 is 23.8 Å². The van der Waals surface area contributed by atoms with Crippen LogP contribution in [0, 0.1) is 5.82 Å². The largest absolute Gasteiger partial charge is 0.494 e. The van der Waals surface area contributed by atoms with Crippen LogP contribution < -0.4 is 10.1 Å². The van der Waals surface area contributed by atoms with Crippen LogP contribution in [-0.4, -0.2) is 24.6 Å². The van der Waals surface area contributed by atoms with Gasteiger partial charge in [0, 0.05) is 6.42 Å². The molecule has 2 aromatic rings. The number of anilines is 1. The third-order valence-electron chi connectivity index (χ3n) is 3.40. The fourth-order valence-corrected chi connectivity index (χ4v) is 2.27. The van der Waals surface area contributed by atoms with Crippen molar-refractivity contribution in [3.05, 3.63) is 59.4 Å². The first-order valence-corrected chi connectivity index (χ1v) is 8.47. The summed E-state index contributed by atoms with van der Waals surface area (Å²) in [5, 5.41) is 2.56. The maximum atomic E-state index is 13.0. The second kappa shape index (κ2) is 9.77. The first-order chi connectivity index (χ1) is 12.5. The molecule has 0 bridgehead atoms. The Balaban J connectivity index is 1.71. The minimum Gasteiger partial charge on any atom is -0.494 e. The molecule has 0 aliphatic rings. The molecule has 2 aromatic carbocycles. The van der Waals surface area contributed by atoms with Crippen molar-refractivity contribution in [3.8, 4) is 5.75 Å². The number of rotatable bonds is 8. The van der Waals surface area contributed by atoms with Gasteiger partial charge >= 0.3 is 5.97 Å². The molecule has 0 aliphatic heterocycles. The van der Waals surface area contributed by atoms with Crippen LogP contribution >= 0.6 is 11.6 Å². The lowest BCUT2D eigenvalue weighted by atomic mass is 10.3. The fraction of sp³-hybridized carbons (Fsp3) is 0.263. The lowest BCUT2D eigenvalue weighted by Crippen LogP contribution is -2.30. The van der Waals surface area contributed by atoms with E-state index in [1.807, 2.05) is 30.3 Å². The molecule has 0 spiro atoms. The van der Waals surface area contributed by atoms with Crippen molar-refractivity contribution in [1.82, 2.24) is 0 Å². The molecule has 0 aromatic heterocycles.